The van der Waals surface area contributed by atoms with Crippen molar-refractivity contribution in [3.05, 3.63) is 0 Å². The van der Waals surface area contributed by atoms with Gasteiger partial charge in [-0.2, -0.15) is 0 Å². The third-order valence-electron chi connectivity index (χ3n) is 3.85. The Balaban J connectivity index is 1.80. The van der Waals surface area contributed by atoms with Crippen LogP contribution in [0.5, 0.6) is 0 Å². The second-order valence-corrected chi connectivity index (χ2v) is 5.02. The van der Waals surface area contributed by atoms with Gasteiger partial charge in [-0.05, 0) is 45.1 Å². The predicted molar refractivity (Wildman–Crippen MR) is 59.9 cm³/mol. The minimum Gasteiger partial charge on any atom is -0.394 e. The summed E-state index contributed by atoms with van der Waals surface area (Å²) in [6.07, 6.45) is 7.84. The summed E-state index contributed by atoms with van der Waals surface area (Å²) in [5, 5.41) is 12.9. The zero-order valence-corrected chi connectivity index (χ0v) is 9.67. The van der Waals surface area contributed by atoms with Gasteiger partial charge in [0.15, 0.2) is 0 Å². The Hall–Kier alpha value is -0.120. The molecule has 3 nitrogen and oxygen atoms in total. The lowest BCUT2D eigenvalue weighted by Crippen LogP contribution is -2.46. The lowest BCUT2D eigenvalue weighted by molar-refractivity contribution is -0.0516. The molecule has 0 heterocycles. The fourth-order valence-electron chi connectivity index (χ4n) is 2.71. The number of hydrogen-bond donors (Lipinski definition) is 2. The van der Waals surface area contributed by atoms with Gasteiger partial charge < -0.3 is 15.2 Å². The average molecular weight is 213 g/mol. The van der Waals surface area contributed by atoms with E-state index in [1.807, 2.05) is 0 Å². The molecule has 0 aromatic carbocycles. The molecule has 0 aliphatic heterocycles. The highest BCUT2D eigenvalue weighted by atomic mass is 16.5. The van der Waals surface area contributed by atoms with Crippen LogP contribution in [0.3, 0.4) is 0 Å². The second kappa shape index (κ2) is 4.81. The zero-order chi connectivity index (χ0) is 10.7. The molecular weight excluding hydrogens is 190 g/mol. The van der Waals surface area contributed by atoms with Crippen molar-refractivity contribution in [3.63, 3.8) is 0 Å². The first-order chi connectivity index (χ1) is 7.28. The van der Waals surface area contributed by atoms with Crippen molar-refractivity contribution in [1.29, 1.82) is 0 Å². The summed E-state index contributed by atoms with van der Waals surface area (Å²) in [4.78, 5) is 0. The number of likely N-dealkylation sites (N-methyl/N-ethyl adjacent to an activating group) is 1. The van der Waals surface area contributed by atoms with Gasteiger partial charge in [-0.1, -0.05) is 6.92 Å². The molecule has 0 aromatic rings. The maximum atomic E-state index is 9.45. The number of aliphatic hydroxyl groups is 1. The maximum Gasteiger partial charge on any atom is 0.0614 e. The molecule has 0 aromatic heterocycles. The van der Waals surface area contributed by atoms with Gasteiger partial charge in [0.25, 0.3) is 0 Å². The van der Waals surface area contributed by atoms with Gasteiger partial charge in [-0.15, -0.1) is 0 Å². The highest BCUT2D eigenvalue weighted by molar-refractivity contribution is 4.96. The van der Waals surface area contributed by atoms with E-state index in [9.17, 15) is 5.11 Å². The minimum absolute atomic E-state index is 0.0524. The molecule has 2 N–H and O–H groups in total. The fraction of sp³-hybridized carbons (Fsp3) is 1.00. The van der Waals surface area contributed by atoms with Crippen LogP contribution in [0.25, 0.3) is 0 Å². The normalized spacial score (nSPS) is 36.8. The topological polar surface area (TPSA) is 41.5 Å². The van der Waals surface area contributed by atoms with Crippen LogP contribution >= 0.6 is 0 Å². The summed E-state index contributed by atoms with van der Waals surface area (Å²) in [6.45, 7) is 3.26. The first-order valence-electron chi connectivity index (χ1n) is 6.29. The average Bonchev–Trinajstić information content (AvgIpc) is 2.57. The minimum atomic E-state index is -0.0524. The van der Waals surface area contributed by atoms with Crippen molar-refractivity contribution in [2.45, 2.75) is 63.2 Å². The summed E-state index contributed by atoms with van der Waals surface area (Å²) in [6, 6.07) is 0. The quantitative estimate of drug-likeness (QED) is 0.726. The SMILES string of the molecule is CCNC1(CO)CCC(OC2CCC2)C1. The summed E-state index contributed by atoms with van der Waals surface area (Å²) in [5.41, 5.74) is -0.0524. The number of rotatable bonds is 5. The lowest BCUT2D eigenvalue weighted by atomic mass is 9.95. The molecule has 2 unspecified atom stereocenters. The molecule has 0 radical (unpaired) electrons. The standard InChI is InChI=1S/C12H23NO2/c1-2-13-12(9-14)7-6-11(8-12)15-10-4-3-5-10/h10-11,13-14H,2-9H2,1H3. The molecule has 88 valence electrons. The molecule has 2 atom stereocenters. The van der Waals surface area contributed by atoms with Crippen molar-refractivity contribution >= 4 is 0 Å². The second-order valence-electron chi connectivity index (χ2n) is 5.02. The van der Waals surface area contributed by atoms with Gasteiger partial charge in [-0.3, -0.25) is 0 Å². The van der Waals surface area contributed by atoms with Gasteiger partial charge in [0.1, 0.15) is 0 Å². The van der Waals surface area contributed by atoms with Gasteiger partial charge in [0.2, 0.25) is 0 Å². The van der Waals surface area contributed by atoms with E-state index in [4.69, 9.17) is 4.74 Å². The van der Waals surface area contributed by atoms with Crippen LogP contribution in [0, 0.1) is 0 Å². The van der Waals surface area contributed by atoms with E-state index >= 15 is 0 Å². The Kier molecular flexibility index (Phi) is 3.65. The van der Waals surface area contributed by atoms with Crippen LogP contribution in [0.2, 0.25) is 0 Å². The molecule has 0 amide bonds. The van der Waals surface area contributed by atoms with Crippen LogP contribution in [-0.4, -0.2) is 36.0 Å². The monoisotopic (exact) mass is 213 g/mol. The molecular formula is C12H23NO2. The molecule has 2 aliphatic carbocycles. The van der Waals surface area contributed by atoms with Crippen molar-refractivity contribution in [3.8, 4) is 0 Å². The molecule has 15 heavy (non-hydrogen) atoms. The lowest BCUT2D eigenvalue weighted by Gasteiger charge is -2.31. The van der Waals surface area contributed by atoms with Crippen LogP contribution in [0.1, 0.15) is 45.4 Å². The van der Waals surface area contributed by atoms with Gasteiger partial charge >= 0.3 is 0 Å². The van der Waals surface area contributed by atoms with Crippen molar-refractivity contribution in [2.24, 2.45) is 0 Å². The molecule has 2 fully saturated rings. The Bertz CT molecular complexity index is 206. The highest BCUT2D eigenvalue weighted by Crippen LogP contribution is 2.35. The van der Waals surface area contributed by atoms with Gasteiger partial charge in [0, 0.05) is 5.54 Å². The third kappa shape index (κ3) is 2.52. The first-order valence-corrected chi connectivity index (χ1v) is 6.29. The third-order valence-corrected chi connectivity index (χ3v) is 3.85. The highest BCUT2D eigenvalue weighted by Gasteiger charge is 2.39. The van der Waals surface area contributed by atoms with E-state index in [0.29, 0.717) is 12.2 Å². The number of aliphatic hydroxyl groups excluding tert-OH is 1. The summed E-state index contributed by atoms with van der Waals surface area (Å²) < 4.78 is 6.00. The summed E-state index contributed by atoms with van der Waals surface area (Å²) in [5.74, 6) is 0. The largest absolute Gasteiger partial charge is 0.394 e. The van der Waals surface area contributed by atoms with Gasteiger partial charge in [0.05, 0.1) is 18.8 Å². The van der Waals surface area contributed by atoms with Crippen molar-refractivity contribution in [1.82, 2.24) is 5.32 Å². The molecule has 2 aliphatic rings. The number of ether oxygens (including phenoxy) is 1. The van der Waals surface area contributed by atoms with E-state index in [2.05, 4.69) is 12.2 Å². The van der Waals surface area contributed by atoms with E-state index in [-0.39, 0.29) is 12.1 Å². The van der Waals surface area contributed by atoms with Crippen LogP contribution in [-0.2, 0) is 4.74 Å². The predicted octanol–water partition coefficient (Wildman–Crippen LogP) is 1.45. The van der Waals surface area contributed by atoms with Crippen molar-refractivity contribution < 1.29 is 9.84 Å². The molecule has 0 saturated heterocycles. The number of nitrogens with one attached hydrogen (secondary N) is 1. The maximum absolute atomic E-state index is 9.45. The van der Waals surface area contributed by atoms with E-state index in [0.717, 1.165) is 25.8 Å². The Labute approximate surface area is 92.2 Å². The smallest absolute Gasteiger partial charge is 0.0614 e. The number of hydrogen-bond acceptors (Lipinski definition) is 3. The zero-order valence-electron chi connectivity index (χ0n) is 9.67. The molecule has 2 saturated carbocycles. The van der Waals surface area contributed by atoms with Gasteiger partial charge in [-0.25, -0.2) is 0 Å². The van der Waals surface area contributed by atoms with Crippen molar-refractivity contribution in [2.75, 3.05) is 13.2 Å². The summed E-state index contributed by atoms with van der Waals surface area (Å²) >= 11 is 0. The van der Waals surface area contributed by atoms with Crippen LogP contribution < -0.4 is 5.32 Å². The van der Waals surface area contributed by atoms with E-state index in [1.165, 1.54) is 19.3 Å². The summed E-state index contributed by atoms with van der Waals surface area (Å²) in [7, 11) is 0. The molecule has 3 heteroatoms. The molecule has 2 rings (SSSR count). The Morgan fingerprint density at radius 3 is 2.67 bits per heavy atom. The van der Waals surface area contributed by atoms with E-state index < -0.39 is 0 Å². The molecule has 0 spiro atoms. The Morgan fingerprint density at radius 2 is 2.13 bits per heavy atom. The van der Waals surface area contributed by atoms with E-state index in [1.54, 1.807) is 0 Å². The van der Waals surface area contributed by atoms with Crippen LogP contribution in [0.15, 0.2) is 0 Å². The first kappa shape index (κ1) is 11.4. The van der Waals surface area contributed by atoms with Crippen LogP contribution in [0.4, 0.5) is 0 Å². The Morgan fingerprint density at radius 1 is 1.33 bits per heavy atom. The molecule has 0 bridgehead atoms. The fourth-order valence-corrected chi connectivity index (χ4v) is 2.71.